The summed E-state index contributed by atoms with van der Waals surface area (Å²) in [5.41, 5.74) is -0.376. The molecule has 6 heteroatoms. The zero-order valence-electron chi connectivity index (χ0n) is 16.0. The van der Waals surface area contributed by atoms with E-state index in [4.69, 9.17) is 9.31 Å². The molecule has 0 spiro atoms. The summed E-state index contributed by atoms with van der Waals surface area (Å²) in [6.45, 7) is 12.0. The first-order chi connectivity index (χ1) is 11.6. The highest BCUT2D eigenvalue weighted by molar-refractivity contribution is 6.52. The third-order valence-corrected chi connectivity index (χ3v) is 5.12. The SMILES string of the molecule is CCC(C)NCc1c(F)cc(/C=C/B2OC(C)(C)C(C)(C)O2)cc1F. The molecule has 0 bridgehead atoms. The van der Waals surface area contributed by atoms with E-state index in [1.54, 1.807) is 12.1 Å². The minimum atomic E-state index is -0.552. The third-order valence-electron chi connectivity index (χ3n) is 5.12. The molecule has 1 saturated heterocycles. The Morgan fingerprint density at radius 2 is 1.64 bits per heavy atom. The van der Waals surface area contributed by atoms with Crippen molar-refractivity contribution >= 4 is 13.2 Å². The summed E-state index contributed by atoms with van der Waals surface area (Å²) in [6.07, 6.45) is 2.53. The molecule has 3 nitrogen and oxygen atoms in total. The van der Waals surface area contributed by atoms with Gasteiger partial charge in [-0.2, -0.15) is 0 Å². The summed E-state index contributed by atoms with van der Waals surface area (Å²) in [5, 5.41) is 3.11. The highest BCUT2D eigenvalue weighted by Gasteiger charge is 2.49. The number of hydrogen-bond acceptors (Lipinski definition) is 3. The Kier molecular flexibility index (Phi) is 6.07. The van der Waals surface area contributed by atoms with E-state index in [9.17, 15) is 8.78 Å². The molecule has 1 atom stereocenters. The molecule has 0 saturated carbocycles. The van der Waals surface area contributed by atoms with Crippen LogP contribution in [-0.4, -0.2) is 24.4 Å². The van der Waals surface area contributed by atoms with Gasteiger partial charge in [0.25, 0.3) is 0 Å². The fourth-order valence-electron chi connectivity index (χ4n) is 2.47. The quantitative estimate of drug-likeness (QED) is 0.766. The predicted molar refractivity (Wildman–Crippen MR) is 98.1 cm³/mol. The smallest absolute Gasteiger partial charge is 0.400 e. The molecule has 0 amide bonds. The highest BCUT2D eigenvalue weighted by atomic mass is 19.1. The fraction of sp³-hybridized carbons (Fsp3) is 0.579. The Bertz CT molecular complexity index is 607. The summed E-state index contributed by atoms with van der Waals surface area (Å²) in [7, 11) is -0.539. The van der Waals surface area contributed by atoms with Gasteiger partial charge in [-0.15, -0.1) is 0 Å². The minimum Gasteiger partial charge on any atom is -0.400 e. The van der Waals surface area contributed by atoms with E-state index < -0.39 is 30.0 Å². The van der Waals surface area contributed by atoms with Crippen molar-refractivity contribution in [2.45, 2.75) is 71.8 Å². The van der Waals surface area contributed by atoms with Gasteiger partial charge in [-0.1, -0.05) is 19.0 Å². The molecular formula is C19H28BF2NO2. The van der Waals surface area contributed by atoms with Gasteiger partial charge in [0.2, 0.25) is 0 Å². The van der Waals surface area contributed by atoms with Crippen molar-refractivity contribution in [3.63, 3.8) is 0 Å². The zero-order chi connectivity index (χ0) is 18.8. The summed E-state index contributed by atoms with van der Waals surface area (Å²) >= 11 is 0. The molecule has 25 heavy (non-hydrogen) atoms. The van der Waals surface area contributed by atoms with Crippen LogP contribution in [0.2, 0.25) is 0 Å². The van der Waals surface area contributed by atoms with Crippen LogP contribution in [0.4, 0.5) is 8.78 Å². The average Bonchev–Trinajstić information content (AvgIpc) is 2.71. The number of nitrogens with one attached hydrogen (secondary N) is 1. The Hall–Kier alpha value is -1.24. The normalized spacial score (nSPS) is 20.4. The van der Waals surface area contributed by atoms with Crippen molar-refractivity contribution in [1.29, 1.82) is 0 Å². The van der Waals surface area contributed by atoms with E-state index in [2.05, 4.69) is 5.32 Å². The maximum atomic E-state index is 14.2. The van der Waals surface area contributed by atoms with Crippen LogP contribution in [-0.2, 0) is 15.9 Å². The van der Waals surface area contributed by atoms with Crippen molar-refractivity contribution in [2.24, 2.45) is 0 Å². The second-order valence-corrected chi connectivity index (χ2v) is 7.64. The summed E-state index contributed by atoms with van der Waals surface area (Å²) < 4.78 is 40.2. The summed E-state index contributed by atoms with van der Waals surface area (Å²) in [6, 6.07) is 2.87. The van der Waals surface area contributed by atoms with Gasteiger partial charge in [0.15, 0.2) is 0 Å². The Labute approximate surface area is 149 Å². The number of benzene rings is 1. The average molecular weight is 351 g/mol. The molecule has 1 fully saturated rings. The first-order valence-corrected chi connectivity index (χ1v) is 8.81. The molecule has 2 rings (SSSR count). The Balaban J connectivity index is 2.09. The van der Waals surface area contributed by atoms with Gasteiger partial charge < -0.3 is 14.6 Å². The van der Waals surface area contributed by atoms with Crippen LogP contribution in [0, 0.1) is 11.6 Å². The minimum absolute atomic E-state index is 0.0630. The van der Waals surface area contributed by atoms with Gasteiger partial charge >= 0.3 is 7.12 Å². The number of hydrogen-bond donors (Lipinski definition) is 1. The van der Waals surface area contributed by atoms with Crippen LogP contribution < -0.4 is 5.32 Å². The predicted octanol–water partition coefficient (Wildman–Crippen LogP) is 4.50. The molecule has 138 valence electrons. The maximum absolute atomic E-state index is 14.2. The van der Waals surface area contributed by atoms with Crippen LogP contribution in [0.3, 0.4) is 0 Å². The standard InChI is InChI=1S/C19H28BF2NO2/c1-7-13(2)23-12-15-16(21)10-14(11-17(15)22)8-9-20-24-18(3,4)19(5,6)25-20/h8-11,13,23H,7,12H2,1-6H3/b9-8+. The third kappa shape index (κ3) is 4.69. The van der Waals surface area contributed by atoms with E-state index in [0.29, 0.717) is 5.56 Å². The van der Waals surface area contributed by atoms with Crippen LogP contribution in [0.25, 0.3) is 6.08 Å². The Morgan fingerprint density at radius 1 is 1.12 bits per heavy atom. The van der Waals surface area contributed by atoms with Gasteiger partial charge in [0.1, 0.15) is 11.6 Å². The summed E-state index contributed by atoms with van der Waals surface area (Å²) in [4.78, 5) is 0. The lowest BCUT2D eigenvalue weighted by atomic mass is 9.89. The molecule has 1 aliphatic heterocycles. The monoisotopic (exact) mass is 351 g/mol. The van der Waals surface area contributed by atoms with Crippen molar-refractivity contribution in [3.8, 4) is 0 Å². The maximum Gasteiger partial charge on any atom is 0.487 e. The molecule has 0 radical (unpaired) electrons. The summed E-state index contributed by atoms with van der Waals surface area (Å²) in [5.74, 6) is 0.579. The molecular weight excluding hydrogens is 323 g/mol. The van der Waals surface area contributed by atoms with Gasteiger partial charge in [0.05, 0.1) is 11.2 Å². The fourth-order valence-corrected chi connectivity index (χ4v) is 2.47. The first-order valence-electron chi connectivity index (χ1n) is 8.81. The van der Waals surface area contributed by atoms with Gasteiger partial charge in [-0.05, 0) is 58.7 Å². The van der Waals surface area contributed by atoms with E-state index in [-0.39, 0.29) is 18.2 Å². The molecule has 1 unspecified atom stereocenters. The number of halogens is 2. The van der Waals surface area contributed by atoms with Gasteiger partial charge in [-0.25, -0.2) is 8.78 Å². The largest absolute Gasteiger partial charge is 0.487 e. The van der Waals surface area contributed by atoms with Crippen LogP contribution in [0.15, 0.2) is 18.1 Å². The molecule has 0 aromatic heterocycles. The van der Waals surface area contributed by atoms with E-state index in [1.807, 2.05) is 41.5 Å². The first kappa shape index (κ1) is 20.1. The zero-order valence-corrected chi connectivity index (χ0v) is 16.0. The van der Waals surface area contributed by atoms with Crippen LogP contribution in [0.1, 0.15) is 59.1 Å². The van der Waals surface area contributed by atoms with E-state index in [1.165, 1.54) is 12.1 Å². The molecule has 1 heterocycles. The Morgan fingerprint density at radius 3 is 2.12 bits per heavy atom. The molecule has 1 aromatic carbocycles. The van der Waals surface area contributed by atoms with E-state index >= 15 is 0 Å². The van der Waals surface area contributed by atoms with Crippen molar-refractivity contribution in [3.05, 3.63) is 40.9 Å². The van der Waals surface area contributed by atoms with E-state index in [0.717, 1.165) is 6.42 Å². The number of rotatable bonds is 6. The molecule has 1 aromatic rings. The lowest BCUT2D eigenvalue weighted by Gasteiger charge is -2.32. The van der Waals surface area contributed by atoms with Gasteiger partial charge in [-0.3, -0.25) is 0 Å². The molecule has 1 aliphatic rings. The highest BCUT2D eigenvalue weighted by Crippen LogP contribution is 2.37. The topological polar surface area (TPSA) is 30.5 Å². The second kappa shape index (κ2) is 7.56. The van der Waals surface area contributed by atoms with Crippen molar-refractivity contribution < 1.29 is 18.1 Å². The molecule has 1 N–H and O–H groups in total. The second-order valence-electron chi connectivity index (χ2n) is 7.64. The van der Waals surface area contributed by atoms with Crippen LogP contribution in [0.5, 0.6) is 0 Å². The van der Waals surface area contributed by atoms with Gasteiger partial charge in [0, 0.05) is 18.2 Å². The molecule has 0 aliphatic carbocycles. The lowest BCUT2D eigenvalue weighted by Crippen LogP contribution is -2.41. The van der Waals surface area contributed by atoms with Crippen molar-refractivity contribution in [1.82, 2.24) is 5.32 Å². The van der Waals surface area contributed by atoms with Crippen molar-refractivity contribution in [2.75, 3.05) is 0 Å². The van der Waals surface area contributed by atoms with Crippen LogP contribution >= 0.6 is 0 Å². The lowest BCUT2D eigenvalue weighted by molar-refractivity contribution is 0.00578.